The zero-order valence-electron chi connectivity index (χ0n) is 8.63. The van der Waals surface area contributed by atoms with Crippen molar-refractivity contribution in [1.29, 1.82) is 0 Å². The molecule has 0 unspecified atom stereocenters. The molecule has 0 amide bonds. The highest BCUT2D eigenvalue weighted by molar-refractivity contribution is 6.31. The lowest BCUT2D eigenvalue weighted by atomic mass is 10.1. The third kappa shape index (κ3) is 1.70. The number of nitrogens with two attached hydrogens (primary N) is 1. The van der Waals surface area contributed by atoms with Gasteiger partial charge in [0.2, 0.25) is 0 Å². The van der Waals surface area contributed by atoms with Crippen LogP contribution >= 0.6 is 11.6 Å². The van der Waals surface area contributed by atoms with Gasteiger partial charge in [-0.05, 0) is 31.5 Å². The SMILES string of the molecule is Cc1cc(-c2[nH]nc(N)c2C)ccc1Cl. The number of nitrogens with zero attached hydrogens (tertiary/aromatic N) is 1. The van der Waals surface area contributed by atoms with Crippen molar-refractivity contribution in [2.45, 2.75) is 13.8 Å². The summed E-state index contributed by atoms with van der Waals surface area (Å²) in [5, 5.41) is 7.65. The highest BCUT2D eigenvalue weighted by atomic mass is 35.5. The number of rotatable bonds is 1. The van der Waals surface area contributed by atoms with Gasteiger partial charge in [0, 0.05) is 16.1 Å². The van der Waals surface area contributed by atoms with Crippen molar-refractivity contribution in [3.63, 3.8) is 0 Å². The van der Waals surface area contributed by atoms with E-state index in [4.69, 9.17) is 17.3 Å². The monoisotopic (exact) mass is 221 g/mol. The molecule has 3 N–H and O–H groups in total. The number of nitrogen functional groups attached to an aromatic ring is 1. The minimum atomic E-state index is 0.539. The summed E-state index contributed by atoms with van der Waals surface area (Å²) in [6.45, 7) is 3.92. The maximum Gasteiger partial charge on any atom is 0.148 e. The average molecular weight is 222 g/mol. The first-order valence-corrected chi connectivity index (χ1v) is 5.04. The summed E-state index contributed by atoms with van der Waals surface area (Å²) in [5.41, 5.74) is 9.70. The van der Waals surface area contributed by atoms with Gasteiger partial charge in [0.15, 0.2) is 0 Å². The number of H-pyrrole nitrogens is 1. The predicted molar refractivity (Wildman–Crippen MR) is 62.9 cm³/mol. The van der Waals surface area contributed by atoms with Crippen LogP contribution in [0.3, 0.4) is 0 Å². The van der Waals surface area contributed by atoms with Gasteiger partial charge >= 0.3 is 0 Å². The van der Waals surface area contributed by atoms with E-state index in [0.717, 1.165) is 27.4 Å². The largest absolute Gasteiger partial charge is 0.382 e. The normalized spacial score (nSPS) is 10.6. The van der Waals surface area contributed by atoms with Crippen molar-refractivity contribution < 1.29 is 0 Å². The average Bonchev–Trinajstić information content (AvgIpc) is 2.53. The van der Waals surface area contributed by atoms with E-state index in [9.17, 15) is 0 Å². The fourth-order valence-corrected chi connectivity index (χ4v) is 1.61. The van der Waals surface area contributed by atoms with Crippen molar-refractivity contribution >= 4 is 17.4 Å². The Bertz CT molecular complexity index is 503. The lowest BCUT2D eigenvalue weighted by Gasteiger charge is -2.03. The molecule has 0 atom stereocenters. The van der Waals surface area contributed by atoms with Crippen molar-refractivity contribution in [2.24, 2.45) is 0 Å². The number of benzene rings is 1. The Kier molecular flexibility index (Phi) is 2.40. The Morgan fingerprint density at radius 1 is 1.33 bits per heavy atom. The molecule has 15 heavy (non-hydrogen) atoms. The molecule has 0 aliphatic heterocycles. The van der Waals surface area contributed by atoms with Gasteiger partial charge in [0.1, 0.15) is 5.82 Å². The van der Waals surface area contributed by atoms with Crippen LogP contribution in [0.5, 0.6) is 0 Å². The van der Waals surface area contributed by atoms with Crippen molar-refractivity contribution in [3.05, 3.63) is 34.3 Å². The maximum absolute atomic E-state index is 5.96. The molecule has 1 heterocycles. The number of anilines is 1. The number of aryl methyl sites for hydroxylation is 1. The van der Waals surface area contributed by atoms with Crippen LogP contribution in [-0.4, -0.2) is 10.2 Å². The zero-order valence-corrected chi connectivity index (χ0v) is 9.39. The van der Waals surface area contributed by atoms with Gasteiger partial charge in [-0.2, -0.15) is 5.10 Å². The molecule has 0 aliphatic carbocycles. The smallest absolute Gasteiger partial charge is 0.148 e. The summed E-state index contributed by atoms with van der Waals surface area (Å²) < 4.78 is 0. The van der Waals surface area contributed by atoms with E-state index < -0.39 is 0 Å². The molecule has 0 spiro atoms. The van der Waals surface area contributed by atoms with Crippen LogP contribution in [0.2, 0.25) is 5.02 Å². The molecule has 1 aromatic heterocycles. The number of halogens is 1. The van der Waals surface area contributed by atoms with Gasteiger partial charge in [-0.1, -0.05) is 17.7 Å². The Morgan fingerprint density at radius 2 is 2.07 bits per heavy atom. The summed E-state index contributed by atoms with van der Waals surface area (Å²) in [5.74, 6) is 0.539. The van der Waals surface area contributed by atoms with Crippen molar-refractivity contribution in [1.82, 2.24) is 10.2 Å². The van der Waals surface area contributed by atoms with Gasteiger partial charge in [-0.15, -0.1) is 0 Å². The number of aromatic nitrogens is 2. The van der Waals surface area contributed by atoms with E-state index >= 15 is 0 Å². The number of hydrogen-bond donors (Lipinski definition) is 2. The third-order valence-electron chi connectivity index (χ3n) is 2.49. The molecule has 0 saturated heterocycles. The molecule has 78 valence electrons. The first-order chi connectivity index (χ1) is 7.09. The molecule has 4 heteroatoms. The summed E-state index contributed by atoms with van der Waals surface area (Å²) >= 11 is 5.96. The molecule has 2 aromatic rings. The standard InChI is InChI=1S/C11H12ClN3/c1-6-5-8(3-4-9(6)12)10-7(2)11(13)15-14-10/h3-5H,1-2H3,(H3,13,14,15). The van der Waals surface area contributed by atoms with Crippen LogP contribution in [0.25, 0.3) is 11.3 Å². The molecule has 0 bridgehead atoms. The first-order valence-electron chi connectivity index (χ1n) is 4.66. The Balaban J connectivity index is 2.55. The van der Waals surface area contributed by atoms with Crippen molar-refractivity contribution in [3.8, 4) is 11.3 Å². The molecule has 0 fully saturated rings. The summed E-state index contributed by atoms with van der Waals surface area (Å²) in [6.07, 6.45) is 0. The highest BCUT2D eigenvalue weighted by Gasteiger charge is 2.08. The van der Waals surface area contributed by atoms with Crippen LogP contribution < -0.4 is 5.73 Å². The predicted octanol–water partition coefficient (Wildman–Crippen LogP) is 2.93. The van der Waals surface area contributed by atoms with Crippen LogP contribution in [0.1, 0.15) is 11.1 Å². The van der Waals surface area contributed by atoms with Crippen LogP contribution in [0.15, 0.2) is 18.2 Å². The van der Waals surface area contributed by atoms with Gasteiger partial charge < -0.3 is 5.73 Å². The van der Waals surface area contributed by atoms with Gasteiger partial charge in [0.25, 0.3) is 0 Å². The van der Waals surface area contributed by atoms with Crippen molar-refractivity contribution in [2.75, 3.05) is 5.73 Å². The minimum absolute atomic E-state index is 0.539. The van der Waals surface area contributed by atoms with Crippen LogP contribution in [0, 0.1) is 13.8 Å². The minimum Gasteiger partial charge on any atom is -0.382 e. The van der Waals surface area contributed by atoms with E-state index in [0.29, 0.717) is 5.82 Å². The fraction of sp³-hybridized carbons (Fsp3) is 0.182. The van der Waals surface area contributed by atoms with Crippen LogP contribution in [0.4, 0.5) is 5.82 Å². The number of aromatic amines is 1. The summed E-state index contributed by atoms with van der Waals surface area (Å²) in [7, 11) is 0. The fourth-order valence-electron chi connectivity index (χ4n) is 1.49. The van der Waals surface area contributed by atoms with E-state index in [-0.39, 0.29) is 0 Å². The van der Waals surface area contributed by atoms with E-state index in [1.807, 2.05) is 32.0 Å². The summed E-state index contributed by atoms with van der Waals surface area (Å²) in [6, 6.07) is 5.85. The highest BCUT2D eigenvalue weighted by Crippen LogP contribution is 2.27. The Hall–Kier alpha value is -1.48. The lowest BCUT2D eigenvalue weighted by molar-refractivity contribution is 1.10. The molecule has 3 nitrogen and oxygen atoms in total. The number of hydrogen-bond acceptors (Lipinski definition) is 2. The zero-order chi connectivity index (χ0) is 11.0. The Labute approximate surface area is 93.3 Å². The molecule has 0 aliphatic rings. The maximum atomic E-state index is 5.96. The second-order valence-corrected chi connectivity index (χ2v) is 3.98. The topological polar surface area (TPSA) is 54.7 Å². The second kappa shape index (κ2) is 3.59. The molecular weight excluding hydrogens is 210 g/mol. The molecule has 1 aromatic carbocycles. The molecule has 0 saturated carbocycles. The molecular formula is C11H12ClN3. The molecule has 0 radical (unpaired) electrons. The first kappa shape index (κ1) is 10.1. The summed E-state index contributed by atoms with van der Waals surface area (Å²) in [4.78, 5) is 0. The van der Waals surface area contributed by atoms with Gasteiger partial charge in [-0.25, -0.2) is 0 Å². The van der Waals surface area contributed by atoms with Gasteiger partial charge in [-0.3, -0.25) is 5.10 Å². The van der Waals surface area contributed by atoms with E-state index in [1.165, 1.54) is 0 Å². The van der Waals surface area contributed by atoms with Gasteiger partial charge in [0.05, 0.1) is 5.69 Å². The number of nitrogens with one attached hydrogen (secondary N) is 1. The second-order valence-electron chi connectivity index (χ2n) is 3.57. The lowest BCUT2D eigenvalue weighted by Crippen LogP contribution is -1.86. The quantitative estimate of drug-likeness (QED) is 0.778. The van der Waals surface area contributed by atoms with E-state index in [2.05, 4.69) is 10.2 Å². The van der Waals surface area contributed by atoms with Crippen LogP contribution in [-0.2, 0) is 0 Å². The Morgan fingerprint density at radius 3 is 2.60 bits per heavy atom. The van der Waals surface area contributed by atoms with E-state index in [1.54, 1.807) is 0 Å². The molecule has 2 rings (SSSR count). The third-order valence-corrected chi connectivity index (χ3v) is 2.92.